The van der Waals surface area contributed by atoms with Crippen molar-refractivity contribution in [3.63, 3.8) is 0 Å². The molecular formula is C32H56Cl3GaN8. The Kier molecular flexibility index (Phi) is 10.5. The molecule has 9 rings (SSSR count). The zero-order valence-corrected chi connectivity index (χ0v) is 31.0. The first-order chi connectivity index (χ1) is 21.5. The second-order valence-corrected chi connectivity index (χ2v) is 27.2. The van der Waals surface area contributed by atoms with Crippen molar-refractivity contribution in [1.29, 1.82) is 0 Å². The van der Waals surface area contributed by atoms with Crippen molar-refractivity contribution in [2.75, 3.05) is 0 Å². The summed E-state index contributed by atoms with van der Waals surface area (Å²) in [5, 5.41) is 33.8. The van der Waals surface area contributed by atoms with E-state index in [1.165, 1.54) is 103 Å². The van der Waals surface area contributed by atoms with Gasteiger partial charge < -0.3 is 0 Å². The molecule has 248 valence electrons. The van der Waals surface area contributed by atoms with Crippen molar-refractivity contribution >= 4 is 42.1 Å². The minimum atomic E-state index is -2.06. The Balaban J connectivity index is 0.000000684. The summed E-state index contributed by atoms with van der Waals surface area (Å²) in [5.74, 6) is 5.97. The van der Waals surface area contributed by atoms with Gasteiger partial charge in [-0.25, -0.2) is 0 Å². The fraction of sp³-hybridized carbons (Fsp3) is 1.00. The summed E-state index contributed by atoms with van der Waals surface area (Å²) in [6.07, 6.45) is 25.6. The second kappa shape index (κ2) is 14.2. The molecule has 4 aliphatic carbocycles. The van der Waals surface area contributed by atoms with Crippen molar-refractivity contribution in [2.45, 2.75) is 152 Å². The van der Waals surface area contributed by atoms with E-state index in [9.17, 15) is 0 Å². The molecule has 44 heavy (non-hydrogen) atoms. The first-order valence-corrected chi connectivity index (χ1v) is 28.1. The number of rotatable bonds is 0. The van der Waals surface area contributed by atoms with Gasteiger partial charge in [0.15, 0.2) is 0 Å². The van der Waals surface area contributed by atoms with Gasteiger partial charge in [-0.1, -0.05) is 51.4 Å². The number of halogens is 3. The van der Waals surface area contributed by atoms with E-state index >= 15 is 0 Å². The topological polar surface area (TPSA) is 96.2 Å². The maximum absolute atomic E-state index is 4.99. The van der Waals surface area contributed by atoms with Crippen LogP contribution >= 0.6 is 28.9 Å². The Bertz CT molecular complexity index is 773. The van der Waals surface area contributed by atoms with E-state index in [1.807, 2.05) is 0 Å². The summed E-state index contributed by atoms with van der Waals surface area (Å²) in [5.41, 5.74) is 0. The molecule has 4 saturated carbocycles. The van der Waals surface area contributed by atoms with E-state index in [4.69, 9.17) is 28.9 Å². The number of fused-ring (bicyclic) bond motifs is 20. The molecule has 0 aromatic rings. The molecule has 8 nitrogen and oxygen atoms in total. The van der Waals surface area contributed by atoms with Crippen LogP contribution in [0.3, 0.4) is 0 Å². The molecule has 5 heterocycles. The first-order valence-electron chi connectivity index (χ1n) is 18.5. The van der Waals surface area contributed by atoms with Crippen LogP contribution in [0.2, 0.25) is 0 Å². The molecule has 12 heteroatoms. The van der Waals surface area contributed by atoms with E-state index in [0.29, 0.717) is 49.3 Å². The van der Waals surface area contributed by atoms with Crippen molar-refractivity contribution in [3.05, 3.63) is 0 Å². The van der Waals surface area contributed by atoms with Crippen LogP contribution in [0.4, 0.5) is 0 Å². The minimum absolute atomic E-state index is 0.420. The van der Waals surface area contributed by atoms with Crippen LogP contribution in [-0.4, -0.2) is 62.5 Å². The van der Waals surface area contributed by atoms with Gasteiger partial charge in [0, 0.05) is 0 Å². The zero-order chi connectivity index (χ0) is 29.8. The molecule has 9 aliphatic rings. The van der Waals surface area contributed by atoms with Gasteiger partial charge >= 0.3 is 42.1 Å². The molecule has 0 aromatic carbocycles. The normalized spacial score (nSPS) is 53.0. The summed E-state index contributed by atoms with van der Waals surface area (Å²) in [4.78, 5) is 0. The van der Waals surface area contributed by atoms with Gasteiger partial charge in [0.2, 0.25) is 0 Å². The van der Waals surface area contributed by atoms with Gasteiger partial charge in [-0.05, 0) is 98.7 Å². The van der Waals surface area contributed by atoms with Gasteiger partial charge in [-0.15, -0.1) is 0 Å². The van der Waals surface area contributed by atoms with Gasteiger partial charge in [-0.3, -0.25) is 42.5 Å². The summed E-state index contributed by atoms with van der Waals surface area (Å²) in [7, 11) is 15.0. The summed E-state index contributed by atoms with van der Waals surface area (Å²) in [6.45, 7) is 0. The van der Waals surface area contributed by atoms with E-state index < -0.39 is 13.2 Å². The summed E-state index contributed by atoms with van der Waals surface area (Å²) in [6, 6.07) is 0. The monoisotopic (exact) mass is 726 g/mol. The standard InChI is InChI=1S/C32H56N8.3ClH.Ga/c1-2-10-18-17(9-1)25-33-26(18)38-28-21-13-5-6-14-22(21)30(35-28)40-32-24-16-8-7-15-23(24)31(36-32)39-29-20-12-4-3-11-19(20)27(34-29)37-25;;;;/h17-40H,1-16H2;3*1H;/q;;;;+3/p-3. The molecule has 8 bridgehead atoms. The predicted octanol–water partition coefficient (Wildman–Crippen LogP) is 4.29. The molecule has 0 radical (unpaired) electrons. The average Bonchev–Trinajstić information content (AvgIpc) is 3.76. The zero-order valence-electron chi connectivity index (χ0n) is 26.3. The Morgan fingerprint density at radius 1 is 0.273 bits per heavy atom. The third kappa shape index (κ3) is 6.45. The van der Waals surface area contributed by atoms with E-state index in [1.54, 1.807) is 0 Å². The molecule has 0 spiro atoms. The molecule has 5 aliphatic heterocycles. The van der Waals surface area contributed by atoms with Crippen LogP contribution in [0.1, 0.15) is 103 Å². The number of nitrogens with one attached hydrogen (secondary N) is 8. The molecule has 0 aromatic heterocycles. The van der Waals surface area contributed by atoms with Gasteiger partial charge in [0.1, 0.15) is 0 Å². The molecule has 8 atom stereocenters. The Labute approximate surface area is 282 Å². The van der Waals surface area contributed by atoms with Gasteiger partial charge in [0.25, 0.3) is 0 Å². The average molecular weight is 729 g/mol. The third-order valence-corrected chi connectivity index (χ3v) is 13.8. The van der Waals surface area contributed by atoms with Crippen molar-refractivity contribution in [2.24, 2.45) is 47.3 Å². The molecule has 5 saturated heterocycles. The molecule has 9 fully saturated rings. The van der Waals surface area contributed by atoms with Crippen molar-refractivity contribution < 1.29 is 0 Å². The van der Waals surface area contributed by atoms with Crippen LogP contribution in [0.15, 0.2) is 0 Å². The van der Waals surface area contributed by atoms with Crippen molar-refractivity contribution in [1.82, 2.24) is 42.5 Å². The van der Waals surface area contributed by atoms with Crippen LogP contribution in [0.25, 0.3) is 0 Å². The van der Waals surface area contributed by atoms with Crippen LogP contribution < -0.4 is 42.5 Å². The van der Waals surface area contributed by atoms with Crippen LogP contribution in [-0.2, 0) is 0 Å². The first kappa shape index (κ1) is 32.4. The van der Waals surface area contributed by atoms with E-state index in [2.05, 4.69) is 42.5 Å². The summed E-state index contributed by atoms with van der Waals surface area (Å²) < 4.78 is 0. The number of hydrogen-bond acceptors (Lipinski definition) is 8. The van der Waals surface area contributed by atoms with Crippen LogP contribution in [0, 0.1) is 47.3 Å². The molecular weight excluding hydrogens is 672 g/mol. The van der Waals surface area contributed by atoms with E-state index in [-0.39, 0.29) is 0 Å². The Hall–Kier alpha value is 1.19. The SMILES string of the molecule is C1CCC2C3NC(NC4NC(NC5NC(NC6NC(N3)C3CCCCC63)C3CCCCC53)C3CCCCC43)C2C1.[Cl][Ga]([Cl])[Cl]. The maximum atomic E-state index is 4.99. The van der Waals surface area contributed by atoms with E-state index in [0.717, 1.165) is 47.3 Å². The number of hydrogen-bond donors (Lipinski definition) is 8. The van der Waals surface area contributed by atoms with Crippen molar-refractivity contribution in [3.8, 4) is 0 Å². The molecule has 0 amide bonds. The van der Waals surface area contributed by atoms with Crippen LogP contribution in [0.5, 0.6) is 0 Å². The quantitative estimate of drug-likeness (QED) is 0.175. The van der Waals surface area contributed by atoms with Gasteiger partial charge in [-0.2, -0.15) is 0 Å². The Morgan fingerprint density at radius 3 is 0.500 bits per heavy atom. The predicted molar refractivity (Wildman–Crippen MR) is 180 cm³/mol. The third-order valence-electron chi connectivity index (χ3n) is 13.8. The Morgan fingerprint density at radius 2 is 0.386 bits per heavy atom. The fourth-order valence-corrected chi connectivity index (χ4v) is 12.0. The molecule has 8 N–H and O–H groups in total. The second-order valence-electron chi connectivity index (χ2n) is 15.9. The fourth-order valence-electron chi connectivity index (χ4n) is 12.0. The molecule has 8 unspecified atom stereocenters. The summed E-state index contributed by atoms with van der Waals surface area (Å²) >= 11 is -2.06. The van der Waals surface area contributed by atoms with Gasteiger partial charge in [0.05, 0.1) is 49.3 Å².